The van der Waals surface area contributed by atoms with Crippen molar-refractivity contribution in [1.29, 1.82) is 0 Å². The maximum absolute atomic E-state index is 11.6. The Balaban J connectivity index is 2.14. The van der Waals surface area contributed by atoms with Gasteiger partial charge >= 0.3 is 6.09 Å². The topological polar surface area (TPSA) is 71.7 Å². The summed E-state index contributed by atoms with van der Waals surface area (Å²) in [6, 6.07) is 2.47. The number of hydrogen-bond acceptors (Lipinski definition) is 4. The minimum Gasteiger partial charge on any atom is -0.494 e. The van der Waals surface area contributed by atoms with E-state index in [0.29, 0.717) is 0 Å². The molecule has 2 N–H and O–H groups in total. The van der Waals surface area contributed by atoms with Gasteiger partial charge in [0.05, 0.1) is 0 Å². The molecule has 1 aromatic rings. The van der Waals surface area contributed by atoms with E-state index in [-0.39, 0.29) is 11.8 Å². The molecule has 0 aliphatic heterocycles. The van der Waals surface area contributed by atoms with Gasteiger partial charge < -0.3 is 14.9 Å². The quantitative estimate of drug-likeness (QED) is 0.743. The molecule has 5 heteroatoms. The molecule has 0 saturated heterocycles. The lowest BCUT2D eigenvalue weighted by molar-refractivity contribution is -0.0326. The summed E-state index contributed by atoms with van der Waals surface area (Å²) in [5.74, 6) is -0.638. The van der Waals surface area contributed by atoms with E-state index >= 15 is 0 Å². The van der Waals surface area contributed by atoms with E-state index in [1.807, 2.05) is 6.92 Å². The van der Waals surface area contributed by atoms with E-state index in [2.05, 4.69) is 0 Å². The Morgan fingerprint density at radius 3 is 2.33 bits per heavy atom. The third-order valence-corrected chi connectivity index (χ3v) is 2.77. The molecule has 0 amide bonds. The molecule has 1 aliphatic carbocycles. The molecule has 1 aliphatic rings. The lowest BCUT2D eigenvalue weighted by Crippen LogP contribution is -2.39. The number of rotatable bonds is 1. The van der Waals surface area contributed by atoms with E-state index in [1.165, 1.54) is 12.1 Å². The zero-order valence-electron chi connectivity index (χ0n) is 8.43. The largest absolute Gasteiger partial charge is 0.494 e. The molecule has 0 bridgehead atoms. The third kappa shape index (κ3) is 1.65. The summed E-state index contributed by atoms with van der Waals surface area (Å²) in [6.45, 7) is 1.84. The first kappa shape index (κ1) is 9.89. The molecule has 2 rings (SSSR count). The molecular weight excluding hydrogens is 198 g/mol. The molecule has 0 radical (unpaired) electrons. The van der Waals surface area contributed by atoms with Crippen molar-refractivity contribution in [2.75, 3.05) is 0 Å². The fraction of sp³-hybridized carbons (Fsp3) is 0.500. The smallest absolute Gasteiger partial charge is 0.424 e. The fourth-order valence-electron chi connectivity index (χ4n) is 1.64. The Kier molecular flexibility index (Phi) is 2.10. The Labute approximate surface area is 86.9 Å². The third-order valence-electron chi connectivity index (χ3n) is 2.77. The van der Waals surface area contributed by atoms with Gasteiger partial charge in [0, 0.05) is 12.1 Å². The summed E-state index contributed by atoms with van der Waals surface area (Å²) < 4.78 is 5.92. The second-order valence-corrected chi connectivity index (χ2v) is 4.06. The van der Waals surface area contributed by atoms with Gasteiger partial charge in [-0.05, 0) is 26.2 Å². The summed E-state index contributed by atoms with van der Waals surface area (Å²) in [7, 11) is 0. The lowest BCUT2D eigenvalue weighted by Gasteiger charge is -2.37. The maximum atomic E-state index is 11.6. The Hall–Kier alpha value is -1.65. The summed E-state index contributed by atoms with van der Waals surface area (Å²) >= 11 is 0. The Bertz CT molecular complexity index is 373. The van der Waals surface area contributed by atoms with Crippen molar-refractivity contribution < 1.29 is 19.7 Å². The summed E-state index contributed by atoms with van der Waals surface area (Å²) in [6.07, 6.45) is 1.94. The molecule has 5 nitrogen and oxygen atoms in total. The number of hydrogen-bond donors (Lipinski definition) is 2. The van der Waals surface area contributed by atoms with Gasteiger partial charge in [-0.25, -0.2) is 4.79 Å². The van der Waals surface area contributed by atoms with E-state index in [9.17, 15) is 15.0 Å². The van der Waals surface area contributed by atoms with E-state index < -0.39 is 11.7 Å². The maximum Gasteiger partial charge on any atom is 0.424 e. The standard InChI is InChI=1S/C10H13NO4/c1-10(5-2-6-10)15-9(14)11-7(12)3-4-8(11)13/h3-4,12-13H,2,5-6H2,1H3. The normalized spacial score (nSPS) is 18.2. The van der Waals surface area contributed by atoms with Gasteiger partial charge in [0.15, 0.2) is 0 Å². The second kappa shape index (κ2) is 3.18. The van der Waals surface area contributed by atoms with E-state index in [4.69, 9.17) is 4.74 Å². The molecule has 0 aromatic carbocycles. The van der Waals surface area contributed by atoms with Crippen LogP contribution in [0, 0.1) is 0 Å². The molecule has 1 aromatic heterocycles. The van der Waals surface area contributed by atoms with Gasteiger partial charge in [-0.3, -0.25) is 0 Å². The van der Waals surface area contributed by atoms with Crippen LogP contribution in [-0.2, 0) is 4.74 Å². The van der Waals surface area contributed by atoms with Crippen molar-refractivity contribution in [1.82, 2.24) is 4.57 Å². The van der Waals surface area contributed by atoms with E-state index in [0.717, 1.165) is 23.8 Å². The Morgan fingerprint density at radius 1 is 1.40 bits per heavy atom. The van der Waals surface area contributed by atoms with Crippen molar-refractivity contribution in [2.45, 2.75) is 31.8 Å². The molecule has 0 atom stereocenters. The van der Waals surface area contributed by atoms with Crippen LogP contribution in [0.25, 0.3) is 0 Å². The number of nitrogens with zero attached hydrogens (tertiary/aromatic N) is 1. The SMILES string of the molecule is CC1(OC(=O)n2c(O)ccc2O)CCC1. The first-order valence-corrected chi connectivity index (χ1v) is 4.85. The summed E-state index contributed by atoms with van der Waals surface area (Å²) in [5, 5.41) is 18.6. The minimum atomic E-state index is -0.739. The summed E-state index contributed by atoms with van der Waals surface area (Å²) in [4.78, 5) is 11.6. The predicted octanol–water partition coefficient (Wildman–Crippen LogP) is 1.83. The fourth-order valence-corrected chi connectivity index (χ4v) is 1.64. The first-order chi connectivity index (χ1) is 7.02. The Morgan fingerprint density at radius 2 is 1.93 bits per heavy atom. The van der Waals surface area contributed by atoms with Crippen molar-refractivity contribution in [3.05, 3.63) is 12.1 Å². The zero-order valence-corrected chi connectivity index (χ0v) is 8.43. The average molecular weight is 211 g/mol. The zero-order chi connectivity index (χ0) is 11.1. The number of carbonyl (C=O) groups is 1. The number of aromatic hydroxyl groups is 2. The van der Waals surface area contributed by atoms with Crippen molar-refractivity contribution >= 4 is 6.09 Å². The van der Waals surface area contributed by atoms with Gasteiger partial charge in [-0.2, -0.15) is 4.57 Å². The van der Waals surface area contributed by atoms with Gasteiger partial charge in [-0.15, -0.1) is 0 Å². The number of aromatic nitrogens is 1. The van der Waals surface area contributed by atoms with Crippen LogP contribution in [0.3, 0.4) is 0 Å². The van der Waals surface area contributed by atoms with Gasteiger partial charge in [0.1, 0.15) is 5.60 Å². The van der Waals surface area contributed by atoms with Crippen LogP contribution < -0.4 is 0 Å². The number of carbonyl (C=O) groups excluding carboxylic acids is 1. The van der Waals surface area contributed by atoms with Gasteiger partial charge in [0.25, 0.3) is 0 Å². The monoisotopic (exact) mass is 211 g/mol. The van der Waals surface area contributed by atoms with Gasteiger partial charge in [0.2, 0.25) is 11.8 Å². The molecule has 1 fully saturated rings. The van der Waals surface area contributed by atoms with Crippen LogP contribution in [0.1, 0.15) is 26.2 Å². The molecule has 1 heterocycles. The molecule has 0 unspecified atom stereocenters. The van der Waals surface area contributed by atoms with Gasteiger partial charge in [-0.1, -0.05) is 0 Å². The van der Waals surface area contributed by atoms with Crippen LogP contribution >= 0.6 is 0 Å². The molecule has 1 saturated carbocycles. The molecular formula is C10H13NO4. The highest BCUT2D eigenvalue weighted by Crippen LogP contribution is 2.36. The summed E-state index contributed by atoms with van der Waals surface area (Å²) in [5.41, 5.74) is -0.444. The molecule has 82 valence electrons. The van der Waals surface area contributed by atoms with E-state index in [1.54, 1.807) is 0 Å². The molecule has 0 spiro atoms. The highest BCUT2D eigenvalue weighted by atomic mass is 16.6. The van der Waals surface area contributed by atoms with Crippen LogP contribution in [0.5, 0.6) is 11.8 Å². The minimum absolute atomic E-state index is 0.319. The predicted molar refractivity (Wildman–Crippen MR) is 51.9 cm³/mol. The van der Waals surface area contributed by atoms with Crippen molar-refractivity contribution in [3.8, 4) is 11.8 Å². The van der Waals surface area contributed by atoms with Crippen LogP contribution in [-0.4, -0.2) is 26.5 Å². The average Bonchev–Trinajstić information content (AvgIpc) is 2.43. The molecule has 15 heavy (non-hydrogen) atoms. The lowest BCUT2D eigenvalue weighted by atomic mass is 9.82. The first-order valence-electron chi connectivity index (χ1n) is 4.85. The highest BCUT2D eigenvalue weighted by Gasteiger charge is 2.36. The van der Waals surface area contributed by atoms with Crippen LogP contribution in [0.2, 0.25) is 0 Å². The second-order valence-electron chi connectivity index (χ2n) is 4.06. The van der Waals surface area contributed by atoms with Crippen LogP contribution in [0.4, 0.5) is 4.79 Å². The van der Waals surface area contributed by atoms with Crippen molar-refractivity contribution in [3.63, 3.8) is 0 Å². The highest BCUT2D eigenvalue weighted by molar-refractivity contribution is 5.75. The number of ether oxygens (including phenoxy) is 1. The van der Waals surface area contributed by atoms with Crippen molar-refractivity contribution in [2.24, 2.45) is 0 Å². The van der Waals surface area contributed by atoms with Crippen LogP contribution in [0.15, 0.2) is 12.1 Å².